The molecule has 1 N–H and O–H groups in total. The summed E-state index contributed by atoms with van der Waals surface area (Å²) in [6.45, 7) is 0.688. The molecule has 2 atom stereocenters. The molecule has 0 bridgehead atoms. The van der Waals surface area contributed by atoms with Crippen molar-refractivity contribution in [1.82, 2.24) is 24.8 Å². The van der Waals surface area contributed by atoms with Crippen molar-refractivity contribution in [1.29, 1.82) is 0 Å². The van der Waals surface area contributed by atoms with Crippen molar-refractivity contribution in [3.63, 3.8) is 0 Å². The molecule has 31 heavy (non-hydrogen) atoms. The summed E-state index contributed by atoms with van der Waals surface area (Å²) in [4.78, 5) is 11.0. The summed E-state index contributed by atoms with van der Waals surface area (Å²) < 4.78 is 3.28. The van der Waals surface area contributed by atoms with Crippen molar-refractivity contribution in [2.45, 2.75) is 18.6 Å². The molecule has 1 aromatic carbocycles. The number of benzene rings is 1. The molecule has 5 nitrogen and oxygen atoms in total. The Morgan fingerprint density at radius 3 is 2.48 bits per heavy atom. The molecule has 0 aliphatic carbocycles. The minimum atomic E-state index is -0.0559. The van der Waals surface area contributed by atoms with Gasteiger partial charge in [0.1, 0.15) is 0 Å². The zero-order valence-electron chi connectivity index (χ0n) is 16.6. The number of hydrogen-bond acceptors (Lipinski definition) is 3. The Morgan fingerprint density at radius 2 is 1.74 bits per heavy atom. The molecule has 0 radical (unpaired) electrons. The van der Waals surface area contributed by atoms with E-state index in [1.165, 1.54) is 0 Å². The van der Waals surface area contributed by atoms with E-state index < -0.39 is 0 Å². The van der Waals surface area contributed by atoms with Gasteiger partial charge in [-0.25, -0.2) is 0 Å². The third kappa shape index (κ3) is 3.98. The van der Waals surface area contributed by atoms with E-state index in [1.54, 1.807) is 0 Å². The van der Waals surface area contributed by atoms with Crippen molar-refractivity contribution < 1.29 is 0 Å². The van der Waals surface area contributed by atoms with Crippen molar-refractivity contribution in [2.75, 3.05) is 0 Å². The molecule has 1 aliphatic rings. The van der Waals surface area contributed by atoms with Crippen LogP contribution in [-0.4, -0.2) is 24.5 Å². The first-order chi connectivity index (χ1) is 15.2. The Morgan fingerprint density at radius 1 is 0.935 bits per heavy atom. The fourth-order valence-electron chi connectivity index (χ4n) is 4.05. The van der Waals surface area contributed by atoms with Crippen LogP contribution in [0.5, 0.6) is 0 Å². The molecule has 4 heterocycles. The second-order valence-corrected chi connectivity index (χ2v) is 8.69. The standard InChI is InChI=1S/C24H20BrN5S/c25-18-6-8-19(9-7-18)29-15-3-5-21(29)23-22(20-4-1-2-12-27-20)28-24(31)30(23)16-17-10-13-26-14-11-17/h1-15,22-23H,16H2,(H,28,31)/t22-,23-/m1/s1. The van der Waals surface area contributed by atoms with E-state index in [2.05, 4.69) is 89.3 Å². The first-order valence-electron chi connectivity index (χ1n) is 10.0. The fraction of sp³-hybridized carbons (Fsp3) is 0.125. The van der Waals surface area contributed by atoms with Gasteiger partial charge >= 0.3 is 0 Å². The summed E-state index contributed by atoms with van der Waals surface area (Å²) in [5, 5.41) is 4.25. The monoisotopic (exact) mass is 489 g/mol. The Bertz CT molecular complexity index is 1180. The predicted molar refractivity (Wildman–Crippen MR) is 129 cm³/mol. The third-order valence-electron chi connectivity index (χ3n) is 5.49. The lowest BCUT2D eigenvalue weighted by Crippen LogP contribution is -2.30. The summed E-state index contributed by atoms with van der Waals surface area (Å²) in [7, 11) is 0. The summed E-state index contributed by atoms with van der Waals surface area (Å²) in [5.74, 6) is 0. The molecule has 3 aromatic heterocycles. The first-order valence-corrected chi connectivity index (χ1v) is 11.2. The maximum absolute atomic E-state index is 5.80. The second-order valence-electron chi connectivity index (χ2n) is 7.39. The van der Waals surface area contributed by atoms with E-state index in [-0.39, 0.29) is 12.1 Å². The van der Waals surface area contributed by atoms with Crippen LogP contribution in [-0.2, 0) is 6.54 Å². The largest absolute Gasteiger partial charge is 0.352 e. The van der Waals surface area contributed by atoms with Gasteiger partial charge < -0.3 is 14.8 Å². The van der Waals surface area contributed by atoms with Crippen LogP contribution < -0.4 is 5.32 Å². The Hall–Kier alpha value is -3.03. The van der Waals surface area contributed by atoms with Crippen LogP contribution in [0.2, 0.25) is 0 Å². The van der Waals surface area contributed by atoms with Gasteiger partial charge in [0.05, 0.1) is 17.8 Å². The first kappa shape index (κ1) is 19.9. The number of pyridine rings is 2. The third-order valence-corrected chi connectivity index (χ3v) is 6.37. The fourth-order valence-corrected chi connectivity index (χ4v) is 4.62. The SMILES string of the molecule is S=C1N[C@H](c2ccccn2)[C@@H](c2cccn2-c2ccc(Br)cc2)N1Cc1ccncc1. The van der Waals surface area contributed by atoms with Crippen molar-refractivity contribution in [3.8, 4) is 5.69 Å². The van der Waals surface area contributed by atoms with Gasteiger partial charge in [-0.3, -0.25) is 9.97 Å². The Kier molecular flexibility index (Phi) is 5.53. The maximum Gasteiger partial charge on any atom is 0.170 e. The van der Waals surface area contributed by atoms with Crippen LogP contribution in [0.15, 0.2) is 96.0 Å². The van der Waals surface area contributed by atoms with Gasteiger partial charge in [-0.1, -0.05) is 22.0 Å². The summed E-state index contributed by atoms with van der Waals surface area (Å²) in [5.41, 5.74) is 4.38. The summed E-state index contributed by atoms with van der Waals surface area (Å²) in [6, 6.07) is 22.6. The topological polar surface area (TPSA) is 46.0 Å². The van der Waals surface area contributed by atoms with E-state index in [9.17, 15) is 0 Å². The van der Waals surface area contributed by atoms with E-state index in [4.69, 9.17) is 12.2 Å². The maximum atomic E-state index is 5.80. The van der Waals surface area contributed by atoms with Gasteiger partial charge in [0.2, 0.25) is 0 Å². The van der Waals surface area contributed by atoms with E-state index in [0.29, 0.717) is 6.54 Å². The molecule has 0 amide bonds. The Balaban J connectivity index is 1.60. The quantitative estimate of drug-likeness (QED) is 0.390. The average Bonchev–Trinajstić information content (AvgIpc) is 3.40. The lowest BCUT2D eigenvalue weighted by Gasteiger charge is -2.29. The van der Waals surface area contributed by atoms with Crippen LogP contribution in [0.4, 0.5) is 0 Å². The molecule has 0 unspecified atom stereocenters. The minimum Gasteiger partial charge on any atom is -0.352 e. The molecule has 1 saturated heterocycles. The number of halogens is 1. The number of aromatic nitrogens is 3. The van der Waals surface area contributed by atoms with Crippen molar-refractivity contribution in [2.24, 2.45) is 0 Å². The lowest BCUT2D eigenvalue weighted by molar-refractivity contribution is 0.302. The van der Waals surface area contributed by atoms with Gasteiger partial charge in [0.15, 0.2) is 5.11 Å². The summed E-state index contributed by atoms with van der Waals surface area (Å²) in [6.07, 6.45) is 7.56. The zero-order chi connectivity index (χ0) is 21.2. The average molecular weight is 490 g/mol. The smallest absolute Gasteiger partial charge is 0.170 e. The number of rotatable bonds is 5. The van der Waals surface area contributed by atoms with E-state index in [1.807, 2.05) is 42.9 Å². The van der Waals surface area contributed by atoms with E-state index >= 15 is 0 Å². The molecule has 1 aliphatic heterocycles. The van der Waals surface area contributed by atoms with Crippen LogP contribution in [0.3, 0.4) is 0 Å². The van der Waals surface area contributed by atoms with Crippen molar-refractivity contribution >= 4 is 33.3 Å². The van der Waals surface area contributed by atoms with Crippen molar-refractivity contribution in [3.05, 3.63) is 113 Å². The van der Waals surface area contributed by atoms with Gasteiger partial charge in [-0.15, -0.1) is 0 Å². The predicted octanol–water partition coefficient (Wildman–Crippen LogP) is 5.20. The van der Waals surface area contributed by atoms with Crippen LogP contribution in [0.1, 0.15) is 29.0 Å². The molecule has 7 heteroatoms. The summed E-state index contributed by atoms with van der Waals surface area (Å²) >= 11 is 9.33. The second kappa shape index (κ2) is 8.61. The molecule has 1 fully saturated rings. The zero-order valence-corrected chi connectivity index (χ0v) is 19.0. The molecule has 0 spiro atoms. The highest BCUT2D eigenvalue weighted by Crippen LogP contribution is 2.40. The molecule has 154 valence electrons. The van der Waals surface area contributed by atoms with Gasteiger partial charge in [0.25, 0.3) is 0 Å². The number of thiocarbonyl (C=S) groups is 1. The lowest BCUT2D eigenvalue weighted by atomic mass is 10.0. The number of nitrogens with one attached hydrogen (secondary N) is 1. The van der Waals surface area contributed by atoms with Gasteiger partial charge in [0, 0.05) is 47.2 Å². The molecule has 5 rings (SSSR count). The highest BCUT2D eigenvalue weighted by Gasteiger charge is 2.41. The normalized spacial score (nSPS) is 18.2. The number of hydrogen-bond donors (Lipinski definition) is 1. The molecule has 0 saturated carbocycles. The minimum absolute atomic E-state index is 0.0192. The highest BCUT2D eigenvalue weighted by molar-refractivity contribution is 9.10. The Labute approximate surface area is 194 Å². The molecular formula is C24H20BrN5S. The highest BCUT2D eigenvalue weighted by atomic mass is 79.9. The van der Waals surface area contributed by atoms with Gasteiger partial charge in [-0.2, -0.15) is 0 Å². The van der Waals surface area contributed by atoms with E-state index in [0.717, 1.165) is 32.2 Å². The number of nitrogens with zero attached hydrogens (tertiary/aromatic N) is 4. The van der Waals surface area contributed by atoms with Gasteiger partial charge in [-0.05, 0) is 78.4 Å². The van der Waals surface area contributed by atoms with Crippen LogP contribution >= 0.6 is 28.1 Å². The van der Waals surface area contributed by atoms with Crippen LogP contribution in [0.25, 0.3) is 5.69 Å². The van der Waals surface area contributed by atoms with Crippen LogP contribution in [0, 0.1) is 0 Å². The molecular weight excluding hydrogens is 470 g/mol. The molecule has 4 aromatic rings.